The van der Waals surface area contributed by atoms with Gasteiger partial charge in [-0.1, -0.05) is 169 Å². The topological polar surface area (TPSA) is 9.86 Å². The lowest BCUT2D eigenvalue weighted by atomic mass is 9.98. The van der Waals surface area contributed by atoms with E-state index in [0.717, 1.165) is 11.4 Å². The molecule has 2 nitrogen and oxygen atoms in total. The first-order valence-electron chi connectivity index (χ1n) is 22.2. The highest BCUT2D eigenvalue weighted by Gasteiger charge is 2.17. The fourth-order valence-electron chi connectivity index (χ4n) is 9.84. The second-order valence-corrected chi connectivity index (χ2v) is 17.2. The molecule has 0 aliphatic heterocycles. The van der Waals surface area contributed by atoms with E-state index in [1.165, 1.54) is 110 Å². The molecule has 2 aromatic heterocycles. The van der Waals surface area contributed by atoms with E-state index in [1.54, 1.807) is 0 Å². The largest absolute Gasteiger partial charge is 0.309 e. The van der Waals surface area contributed by atoms with Gasteiger partial charge in [-0.15, -0.1) is 0 Å². The van der Waals surface area contributed by atoms with E-state index in [0.29, 0.717) is 0 Å². The highest BCUT2D eigenvalue weighted by Crippen LogP contribution is 2.40. The van der Waals surface area contributed by atoms with Gasteiger partial charge in [-0.3, -0.25) is 0 Å². The van der Waals surface area contributed by atoms with Crippen LogP contribution in [0.15, 0.2) is 231 Å². The van der Waals surface area contributed by atoms with Crippen LogP contribution in [0.5, 0.6) is 0 Å². The molecule has 0 atom stereocenters. The fraction of sp³-hybridized carbons (Fsp3) is 0.0323. The maximum Gasteiger partial charge on any atom is 0.0541 e. The van der Waals surface area contributed by atoms with Gasteiger partial charge in [-0.25, -0.2) is 0 Å². The average Bonchev–Trinajstić information content (AvgIpc) is 3.86. The monoisotopic (exact) mass is 816 g/mol. The summed E-state index contributed by atoms with van der Waals surface area (Å²) in [5, 5.41) is 5.00. The Morgan fingerprint density at radius 3 is 0.906 bits per heavy atom. The summed E-state index contributed by atoms with van der Waals surface area (Å²) in [4.78, 5) is 0. The Labute approximate surface area is 373 Å². The predicted molar refractivity (Wildman–Crippen MR) is 272 cm³/mol. The molecular weight excluding hydrogens is 773 g/mol. The third-order valence-corrected chi connectivity index (χ3v) is 13.0. The van der Waals surface area contributed by atoms with Gasteiger partial charge in [0.2, 0.25) is 0 Å². The second kappa shape index (κ2) is 15.3. The molecule has 0 saturated carbocycles. The van der Waals surface area contributed by atoms with E-state index in [1.807, 2.05) is 0 Å². The van der Waals surface area contributed by atoms with Gasteiger partial charge in [0.1, 0.15) is 0 Å². The summed E-state index contributed by atoms with van der Waals surface area (Å²) in [6.07, 6.45) is 0. The number of aryl methyl sites for hydroxylation is 2. The molecule has 64 heavy (non-hydrogen) atoms. The number of hydrogen-bond donors (Lipinski definition) is 0. The van der Waals surface area contributed by atoms with Crippen molar-refractivity contribution in [3.63, 3.8) is 0 Å². The number of benzene rings is 10. The fourth-order valence-corrected chi connectivity index (χ4v) is 9.84. The van der Waals surface area contributed by atoms with Gasteiger partial charge in [0.05, 0.1) is 22.1 Å². The Morgan fingerprint density at radius 2 is 0.500 bits per heavy atom. The van der Waals surface area contributed by atoms with E-state index in [4.69, 9.17) is 0 Å². The van der Waals surface area contributed by atoms with Crippen LogP contribution < -0.4 is 0 Å². The third kappa shape index (κ3) is 6.51. The predicted octanol–water partition coefficient (Wildman–Crippen LogP) is 16.8. The molecule has 302 valence electrons. The Hall–Kier alpha value is -8.20. The maximum atomic E-state index is 2.42. The van der Waals surface area contributed by atoms with E-state index in [-0.39, 0.29) is 0 Å². The number of nitrogens with zero attached hydrogens (tertiary/aromatic N) is 2. The summed E-state index contributed by atoms with van der Waals surface area (Å²) in [5.74, 6) is 0. The van der Waals surface area contributed by atoms with Crippen molar-refractivity contribution in [1.29, 1.82) is 0 Å². The quantitative estimate of drug-likeness (QED) is 0.152. The minimum atomic E-state index is 1.14. The SMILES string of the molecule is Cc1cccc(-c2ccc3c(c2)c2cc(-c4ccc(-c5ccc(-n6c7ccc(-c8ccccc8)cc7c7cc(-c8cccc(C)c8)ccc76)cc5)cc4)ccc2n3-c2ccccc2)c1. The van der Waals surface area contributed by atoms with E-state index < -0.39 is 0 Å². The third-order valence-electron chi connectivity index (χ3n) is 13.0. The van der Waals surface area contributed by atoms with Crippen LogP contribution in [0.1, 0.15) is 11.1 Å². The summed E-state index contributed by atoms with van der Waals surface area (Å²) in [6.45, 7) is 4.32. The molecule has 0 unspecified atom stereocenters. The number of para-hydroxylation sites is 1. The van der Waals surface area contributed by atoms with E-state index in [9.17, 15) is 0 Å². The zero-order chi connectivity index (χ0) is 42.7. The van der Waals surface area contributed by atoms with Gasteiger partial charge in [-0.05, 0) is 142 Å². The van der Waals surface area contributed by atoms with Crippen LogP contribution in [-0.2, 0) is 0 Å². The van der Waals surface area contributed by atoms with Crippen molar-refractivity contribution < 1.29 is 0 Å². The van der Waals surface area contributed by atoms with Gasteiger partial charge in [0.15, 0.2) is 0 Å². The lowest BCUT2D eigenvalue weighted by molar-refractivity contribution is 1.18. The van der Waals surface area contributed by atoms with Crippen LogP contribution in [0.25, 0.3) is 111 Å². The van der Waals surface area contributed by atoms with Crippen molar-refractivity contribution in [3.8, 4) is 67.0 Å². The molecular formula is C62H44N2. The van der Waals surface area contributed by atoms with E-state index >= 15 is 0 Å². The van der Waals surface area contributed by atoms with Crippen molar-refractivity contribution >= 4 is 43.6 Å². The first-order valence-corrected chi connectivity index (χ1v) is 22.2. The molecule has 0 aliphatic rings. The van der Waals surface area contributed by atoms with Crippen LogP contribution in [0.2, 0.25) is 0 Å². The molecule has 0 spiro atoms. The normalized spacial score (nSPS) is 11.6. The van der Waals surface area contributed by atoms with Crippen molar-refractivity contribution in [2.24, 2.45) is 0 Å². The standard InChI is InChI=1S/C62H44N2/c1-41-11-9-15-47(35-41)51-27-33-60-57(39-51)56-38-50(26-32-59(56)63(60)53-17-7-4-8-18-53)46-21-19-44(20-22-46)45-23-29-54(30-24-45)64-61-31-25-49(43-13-5-3-6-14-43)37-55(61)58-40-52(28-34-62(58)64)48-16-10-12-42(2)36-48/h3-40H,1-2H3. The van der Waals surface area contributed by atoms with Crippen molar-refractivity contribution in [3.05, 3.63) is 242 Å². The molecule has 0 aliphatic carbocycles. The summed E-state index contributed by atoms with van der Waals surface area (Å²) < 4.78 is 4.81. The highest BCUT2D eigenvalue weighted by atomic mass is 15.0. The molecule has 12 aromatic rings. The Balaban J connectivity index is 0.905. The van der Waals surface area contributed by atoms with Crippen LogP contribution in [0.4, 0.5) is 0 Å². The number of fused-ring (bicyclic) bond motifs is 6. The summed E-state index contributed by atoms with van der Waals surface area (Å²) in [5.41, 5.74) is 21.8. The minimum absolute atomic E-state index is 1.14. The van der Waals surface area contributed by atoms with Crippen molar-refractivity contribution in [1.82, 2.24) is 9.13 Å². The van der Waals surface area contributed by atoms with Gasteiger partial charge < -0.3 is 9.13 Å². The van der Waals surface area contributed by atoms with Gasteiger partial charge in [-0.2, -0.15) is 0 Å². The summed E-state index contributed by atoms with van der Waals surface area (Å²) >= 11 is 0. The Bertz CT molecular complexity index is 3700. The lowest BCUT2D eigenvalue weighted by Gasteiger charge is -2.11. The first kappa shape index (κ1) is 37.6. The lowest BCUT2D eigenvalue weighted by Crippen LogP contribution is -1.94. The van der Waals surface area contributed by atoms with Crippen LogP contribution in [0, 0.1) is 13.8 Å². The highest BCUT2D eigenvalue weighted by molar-refractivity contribution is 6.13. The minimum Gasteiger partial charge on any atom is -0.309 e. The zero-order valence-electron chi connectivity index (χ0n) is 35.8. The molecule has 2 heteroatoms. The zero-order valence-corrected chi connectivity index (χ0v) is 35.8. The molecule has 10 aromatic carbocycles. The molecule has 12 rings (SSSR count). The second-order valence-electron chi connectivity index (χ2n) is 17.2. The van der Waals surface area contributed by atoms with E-state index in [2.05, 4.69) is 254 Å². The molecule has 0 N–H and O–H groups in total. The molecule has 0 bridgehead atoms. The van der Waals surface area contributed by atoms with Gasteiger partial charge in [0.25, 0.3) is 0 Å². The number of hydrogen-bond acceptors (Lipinski definition) is 0. The van der Waals surface area contributed by atoms with Crippen LogP contribution in [0.3, 0.4) is 0 Å². The van der Waals surface area contributed by atoms with Crippen LogP contribution in [-0.4, -0.2) is 9.13 Å². The summed E-state index contributed by atoms with van der Waals surface area (Å²) in [6, 6.07) is 84.7. The summed E-state index contributed by atoms with van der Waals surface area (Å²) in [7, 11) is 0. The molecule has 0 fully saturated rings. The number of aromatic nitrogens is 2. The van der Waals surface area contributed by atoms with Crippen molar-refractivity contribution in [2.45, 2.75) is 13.8 Å². The van der Waals surface area contributed by atoms with Crippen molar-refractivity contribution in [2.75, 3.05) is 0 Å². The maximum absolute atomic E-state index is 2.42. The van der Waals surface area contributed by atoms with Crippen LogP contribution >= 0.6 is 0 Å². The number of rotatable bonds is 7. The molecule has 0 radical (unpaired) electrons. The van der Waals surface area contributed by atoms with Gasteiger partial charge >= 0.3 is 0 Å². The van der Waals surface area contributed by atoms with Gasteiger partial charge in [0, 0.05) is 32.9 Å². The molecule has 2 heterocycles. The first-order chi connectivity index (χ1) is 31.5. The Kier molecular flexibility index (Phi) is 8.98. The molecule has 0 saturated heterocycles. The smallest absolute Gasteiger partial charge is 0.0541 e. The average molecular weight is 817 g/mol. The Morgan fingerprint density at radius 1 is 0.219 bits per heavy atom. The molecule has 0 amide bonds.